The van der Waals surface area contributed by atoms with Crippen LogP contribution in [0.25, 0.3) is 0 Å². The molecule has 0 amide bonds. The van der Waals surface area contributed by atoms with Gasteiger partial charge in [-0.3, -0.25) is 0 Å². The number of aliphatic hydroxyl groups is 1. The van der Waals surface area contributed by atoms with Crippen LogP contribution in [0.1, 0.15) is 36.1 Å². The number of nitrogens with one attached hydrogen (secondary N) is 1. The Morgan fingerprint density at radius 1 is 1.26 bits per heavy atom. The van der Waals surface area contributed by atoms with Crippen molar-refractivity contribution in [3.63, 3.8) is 0 Å². The SMILES string of the molecule is CCC(C)(O)CNC(Cc1cccs1)c1cccs1. The van der Waals surface area contributed by atoms with E-state index in [1.807, 2.05) is 13.8 Å². The minimum absolute atomic E-state index is 0.289. The lowest BCUT2D eigenvalue weighted by Crippen LogP contribution is -2.39. The van der Waals surface area contributed by atoms with E-state index >= 15 is 0 Å². The molecular formula is C15H21NOS2. The molecule has 0 bridgehead atoms. The van der Waals surface area contributed by atoms with E-state index in [0.29, 0.717) is 6.54 Å². The van der Waals surface area contributed by atoms with Crippen LogP contribution in [0.3, 0.4) is 0 Å². The molecule has 0 aliphatic rings. The molecule has 104 valence electrons. The molecule has 2 nitrogen and oxygen atoms in total. The van der Waals surface area contributed by atoms with E-state index in [0.717, 1.165) is 12.8 Å². The molecule has 0 radical (unpaired) electrons. The van der Waals surface area contributed by atoms with Gasteiger partial charge in [0.25, 0.3) is 0 Å². The van der Waals surface area contributed by atoms with Crippen molar-refractivity contribution < 1.29 is 5.11 Å². The van der Waals surface area contributed by atoms with Gasteiger partial charge in [0, 0.05) is 28.8 Å². The maximum atomic E-state index is 10.1. The highest BCUT2D eigenvalue weighted by Crippen LogP contribution is 2.25. The quantitative estimate of drug-likeness (QED) is 0.813. The first kappa shape index (κ1) is 14.7. The molecule has 0 aliphatic carbocycles. The van der Waals surface area contributed by atoms with Crippen LogP contribution in [0.5, 0.6) is 0 Å². The molecule has 4 heteroatoms. The van der Waals surface area contributed by atoms with Gasteiger partial charge in [-0.2, -0.15) is 0 Å². The summed E-state index contributed by atoms with van der Waals surface area (Å²) in [6.45, 7) is 4.52. The van der Waals surface area contributed by atoms with Crippen molar-refractivity contribution in [1.29, 1.82) is 0 Å². The highest BCUT2D eigenvalue weighted by atomic mass is 32.1. The van der Waals surface area contributed by atoms with Crippen molar-refractivity contribution in [3.8, 4) is 0 Å². The molecule has 0 saturated carbocycles. The molecule has 0 aromatic carbocycles. The van der Waals surface area contributed by atoms with Gasteiger partial charge in [-0.05, 0) is 36.2 Å². The summed E-state index contributed by atoms with van der Waals surface area (Å²) in [4.78, 5) is 2.71. The molecular weight excluding hydrogens is 274 g/mol. The monoisotopic (exact) mass is 295 g/mol. The van der Waals surface area contributed by atoms with Gasteiger partial charge in [0.05, 0.1) is 5.60 Å². The lowest BCUT2D eigenvalue weighted by molar-refractivity contribution is 0.0529. The molecule has 2 rings (SSSR count). The summed E-state index contributed by atoms with van der Waals surface area (Å²) in [5, 5.41) is 17.9. The third kappa shape index (κ3) is 4.42. The highest BCUT2D eigenvalue weighted by molar-refractivity contribution is 7.10. The maximum Gasteiger partial charge on any atom is 0.0741 e. The summed E-state index contributed by atoms with van der Waals surface area (Å²) in [6, 6.07) is 8.80. The van der Waals surface area contributed by atoms with Gasteiger partial charge in [0.1, 0.15) is 0 Å². The zero-order valence-corrected chi connectivity index (χ0v) is 13.1. The fourth-order valence-corrected chi connectivity index (χ4v) is 3.42. The van der Waals surface area contributed by atoms with Gasteiger partial charge in [-0.15, -0.1) is 22.7 Å². The molecule has 2 heterocycles. The summed E-state index contributed by atoms with van der Waals surface area (Å²) in [5.74, 6) is 0. The molecule has 19 heavy (non-hydrogen) atoms. The average molecular weight is 295 g/mol. The van der Waals surface area contributed by atoms with E-state index in [4.69, 9.17) is 0 Å². The smallest absolute Gasteiger partial charge is 0.0741 e. The molecule has 2 aromatic rings. The molecule has 0 saturated heterocycles. The van der Waals surface area contributed by atoms with Gasteiger partial charge in [-0.25, -0.2) is 0 Å². The van der Waals surface area contributed by atoms with E-state index in [2.05, 4.69) is 40.3 Å². The summed E-state index contributed by atoms with van der Waals surface area (Å²) in [7, 11) is 0. The van der Waals surface area contributed by atoms with Crippen LogP contribution in [-0.2, 0) is 6.42 Å². The molecule has 2 atom stereocenters. The van der Waals surface area contributed by atoms with Crippen molar-refractivity contribution in [2.24, 2.45) is 0 Å². The first-order valence-corrected chi connectivity index (χ1v) is 8.38. The first-order chi connectivity index (χ1) is 9.11. The largest absolute Gasteiger partial charge is 0.389 e. The molecule has 2 N–H and O–H groups in total. The third-order valence-electron chi connectivity index (χ3n) is 3.36. The van der Waals surface area contributed by atoms with Crippen molar-refractivity contribution in [2.75, 3.05) is 6.54 Å². The Kier molecular flexibility index (Phi) is 5.16. The van der Waals surface area contributed by atoms with Gasteiger partial charge in [-0.1, -0.05) is 19.1 Å². The Hall–Kier alpha value is -0.680. The number of hydrogen-bond donors (Lipinski definition) is 2. The van der Waals surface area contributed by atoms with Gasteiger partial charge in [0.2, 0.25) is 0 Å². The third-order valence-corrected chi connectivity index (χ3v) is 5.25. The Morgan fingerprint density at radius 3 is 2.58 bits per heavy atom. The molecule has 0 spiro atoms. The van der Waals surface area contributed by atoms with Crippen LogP contribution in [-0.4, -0.2) is 17.3 Å². The molecule has 0 aliphatic heterocycles. The zero-order valence-electron chi connectivity index (χ0n) is 11.4. The predicted molar refractivity (Wildman–Crippen MR) is 84.0 cm³/mol. The summed E-state index contributed by atoms with van der Waals surface area (Å²) < 4.78 is 0. The van der Waals surface area contributed by atoms with Crippen LogP contribution in [0.2, 0.25) is 0 Å². The Labute approximate surface area is 123 Å². The Bertz CT molecular complexity index is 462. The summed E-state index contributed by atoms with van der Waals surface area (Å²) in [6.07, 6.45) is 1.74. The fourth-order valence-electron chi connectivity index (χ4n) is 1.86. The zero-order chi connectivity index (χ0) is 13.7. The standard InChI is InChI=1S/C15H21NOS2/c1-3-15(2,17)11-16-13(14-7-5-9-19-14)10-12-6-4-8-18-12/h4-9,13,16-17H,3,10-11H2,1-2H3. The lowest BCUT2D eigenvalue weighted by Gasteiger charge is -2.25. The average Bonchev–Trinajstić information content (AvgIpc) is 3.07. The van der Waals surface area contributed by atoms with E-state index in [1.54, 1.807) is 22.7 Å². The van der Waals surface area contributed by atoms with Crippen LogP contribution in [0.15, 0.2) is 35.0 Å². The number of thiophene rings is 2. The topological polar surface area (TPSA) is 32.3 Å². The fraction of sp³-hybridized carbons (Fsp3) is 0.467. The number of hydrogen-bond acceptors (Lipinski definition) is 4. The van der Waals surface area contributed by atoms with Crippen LogP contribution in [0.4, 0.5) is 0 Å². The van der Waals surface area contributed by atoms with Gasteiger partial charge < -0.3 is 10.4 Å². The van der Waals surface area contributed by atoms with Gasteiger partial charge in [0.15, 0.2) is 0 Å². The van der Waals surface area contributed by atoms with E-state index in [1.165, 1.54) is 9.75 Å². The first-order valence-electron chi connectivity index (χ1n) is 6.62. The minimum atomic E-state index is -0.634. The van der Waals surface area contributed by atoms with Crippen LogP contribution < -0.4 is 5.32 Å². The van der Waals surface area contributed by atoms with Crippen LogP contribution in [0, 0.1) is 0 Å². The summed E-state index contributed by atoms with van der Waals surface area (Å²) in [5.41, 5.74) is -0.634. The molecule has 0 fully saturated rings. The van der Waals surface area contributed by atoms with Gasteiger partial charge >= 0.3 is 0 Å². The maximum absolute atomic E-state index is 10.1. The van der Waals surface area contributed by atoms with Crippen LogP contribution >= 0.6 is 22.7 Å². The van der Waals surface area contributed by atoms with E-state index < -0.39 is 5.60 Å². The molecule has 2 unspecified atom stereocenters. The van der Waals surface area contributed by atoms with Crippen molar-refractivity contribution in [1.82, 2.24) is 5.32 Å². The highest BCUT2D eigenvalue weighted by Gasteiger charge is 2.21. The van der Waals surface area contributed by atoms with Crippen molar-refractivity contribution in [3.05, 3.63) is 44.8 Å². The normalized spacial score (nSPS) is 16.2. The second-order valence-corrected chi connectivity index (χ2v) is 7.09. The Morgan fingerprint density at radius 2 is 2.00 bits per heavy atom. The molecule has 2 aromatic heterocycles. The Balaban J connectivity index is 2.03. The van der Waals surface area contributed by atoms with E-state index in [9.17, 15) is 5.11 Å². The van der Waals surface area contributed by atoms with Crippen molar-refractivity contribution in [2.45, 2.75) is 38.3 Å². The summed E-state index contributed by atoms with van der Waals surface area (Å²) >= 11 is 3.56. The minimum Gasteiger partial charge on any atom is -0.389 e. The predicted octanol–water partition coefficient (Wildman–Crippen LogP) is 3.84. The number of rotatable bonds is 7. The van der Waals surface area contributed by atoms with Crippen molar-refractivity contribution >= 4 is 22.7 Å². The second kappa shape index (κ2) is 6.66. The van der Waals surface area contributed by atoms with E-state index in [-0.39, 0.29) is 6.04 Å². The second-order valence-electron chi connectivity index (χ2n) is 5.08. The lowest BCUT2D eigenvalue weighted by atomic mass is 10.0.